The molecule has 0 aliphatic carbocycles. The summed E-state index contributed by atoms with van der Waals surface area (Å²) in [6.45, 7) is 2.27. The standard InChI is InChI=1S/C19H18F3N7/c20-19(21,22)15-11-17(27-18(26-15)14-3-1-2-6-24-14)29-9-7-28(8-10-29)13-4-5-16(23)25-12-13/h1-6,11-12H,7-10H2,(H2,23,25). The molecule has 0 amide bonds. The normalized spacial score (nSPS) is 14.9. The van der Waals surface area contributed by atoms with Crippen molar-refractivity contribution in [3.05, 3.63) is 54.5 Å². The monoisotopic (exact) mass is 401 g/mol. The fourth-order valence-corrected chi connectivity index (χ4v) is 3.13. The zero-order chi connectivity index (χ0) is 20.4. The third-order valence-electron chi connectivity index (χ3n) is 4.64. The van der Waals surface area contributed by atoms with Crippen LogP contribution in [0.5, 0.6) is 0 Å². The van der Waals surface area contributed by atoms with E-state index < -0.39 is 11.9 Å². The summed E-state index contributed by atoms with van der Waals surface area (Å²) < 4.78 is 40.2. The van der Waals surface area contributed by atoms with E-state index in [2.05, 4.69) is 24.8 Å². The Balaban J connectivity index is 1.59. The molecule has 10 heteroatoms. The molecule has 0 radical (unpaired) electrons. The molecule has 150 valence electrons. The lowest BCUT2D eigenvalue weighted by Crippen LogP contribution is -2.47. The van der Waals surface area contributed by atoms with Crippen LogP contribution < -0.4 is 15.5 Å². The van der Waals surface area contributed by atoms with Crippen LogP contribution in [0.4, 0.5) is 30.5 Å². The Morgan fingerprint density at radius 3 is 2.28 bits per heavy atom. The van der Waals surface area contributed by atoms with Crippen molar-refractivity contribution < 1.29 is 13.2 Å². The Morgan fingerprint density at radius 2 is 1.66 bits per heavy atom. The van der Waals surface area contributed by atoms with Crippen LogP contribution in [0.3, 0.4) is 0 Å². The summed E-state index contributed by atoms with van der Waals surface area (Å²) in [6, 6.07) is 9.55. The number of hydrogen-bond donors (Lipinski definition) is 1. The van der Waals surface area contributed by atoms with Gasteiger partial charge >= 0.3 is 6.18 Å². The number of hydrogen-bond acceptors (Lipinski definition) is 7. The first-order valence-electron chi connectivity index (χ1n) is 8.99. The highest BCUT2D eigenvalue weighted by molar-refractivity contribution is 5.55. The van der Waals surface area contributed by atoms with Crippen LogP contribution in [0.1, 0.15) is 5.69 Å². The first-order chi connectivity index (χ1) is 13.9. The molecule has 1 saturated heterocycles. The van der Waals surface area contributed by atoms with Gasteiger partial charge in [0.2, 0.25) is 0 Å². The molecule has 7 nitrogen and oxygen atoms in total. The van der Waals surface area contributed by atoms with Gasteiger partial charge in [-0.1, -0.05) is 6.07 Å². The third-order valence-corrected chi connectivity index (χ3v) is 4.64. The second-order valence-electron chi connectivity index (χ2n) is 6.56. The van der Waals surface area contributed by atoms with Gasteiger partial charge in [0.05, 0.1) is 11.9 Å². The molecule has 2 N–H and O–H groups in total. The number of alkyl halides is 3. The van der Waals surface area contributed by atoms with Crippen molar-refractivity contribution in [2.75, 3.05) is 41.7 Å². The lowest BCUT2D eigenvalue weighted by molar-refractivity contribution is -0.141. The van der Waals surface area contributed by atoms with E-state index in [-0.39, 0.29) is 11.6 Å². The summed E-state index contributed by atoms with van der Waals surface area (Å²) in [5.74, 6) is 0.638. The van der Waals surface area contributed by atoms with Crippen LogP contribution in [0.2, 0.25) is 0 Å². The Morgan fingerprint density at radius 1 is 0.897 bits per heavy atom. The largest absolute Gasteiger partial charge is 0.433 e. The van der Waals surface area contributed by atoms with E-state index in [1.54, 1.807) is 30.5 Å². The minimum Gasteiger partial charge on any atom is -0.384 e. The van der Waals surface area contributed by atoms with Crippen molar-refractivity contribution in [3.8, 4) is 11.5 Å². The van der Waals surface area contributed by atoms with Gasteiger partial charge in [-0.25, -0.2) is 15.0 Å². The van der Waals surface area contributed by atoms with Crippen LogP contribution in [0, 0.1) is 0 Å². The van der Waals surface area contributed by atoms with Crippen LogP contribution in [0.15, 0.2) is 48.8 Å². The van der Waals surface area contributed by atoms with E-state index in [0.29, 0.717) is 37.7 Å². The Bertz CT molecular complexity index is 969. The highest BCUT2D eigenvalue weighted by Crippen LogP contribution is 2.31. The average Bonchev–Trinajstić information content (AvgIpc) is 2.74. The number of halogens is 3. The number of rotatable bonds is 3. The van der Waals surface area contributed by atoms with Crippen molar-refractivity contribution in [2.24, 2.45) is 0 Å². The zero-order valence-corrected chi connectivity index (χ0v) is 15.3. The number of pyridine rings is 2. The number of nitrogens with two attached hydrogens (primary N) is 1. The Hall–Kier alpha value is -3.43. The molecule has 3 aromatic rings. The molecular formula is C19H18F3N7. The van der Waals surface area contributed by atoms with Gasteiger partial charge in [0, 0.05) is 38.4 Å². The van der Waals surface area contributed by atoms with E-state index in [4.69, 9.17) is 5.73 Å². The SMILES string of the molecule is Nc1ccc(N2CCN(c3cc(C(F)(F)F)nc(-c4ccccn4)n3)CC2)cn1. The molecule has 0 saturated carbocycles. The predicted octanol–water partition coefficient (Wildman–Crippen LogP) is 2.86. The maximum absolute atomic E-state index is 13.4. The van der Waals surface area contributed by atoms with Gasteiger partial charge in [0.1, 0.15) is 17.3 Å². The number of aromatic nitrogens is 4. The van der Waals surface area contributed by atoms with Gasteiger partial charge in [0.25, 0.3) is 0 Å². The maximum atomic E-state index is 13.4. The van der Waals surface area contributed by atoms with Gasteiger partial charge < -0.3 is 15.5 Å². The summed E-state index contributed by atoms with van der Waals surface area (Å²) in [6.07, 6.45) is -1.38. The number of piperazine rings is 1. The molecule has 0 unspecified atom stereocenters. The van der Waals surface area contributed by atoms with Crippen LogP contribution in [-0.4, -0.2) is 46.1 Å². The predicted molar refractivity (Wildman–Crippen MR) is 103 cm³/mol. The molecule has 0 atom stereocenters. The van der Waals surface area contributed by atoms with Crippen LogP contribution >= 0.6 is 0 Å². The first kappa shape index (κ1) is 18.9. The van der Waals surface area contributed by atoms with E-state index in [1.807, 2.05) is 11.0 Å². The molecule has 0 bridgehead atoms. The Kier molecular flexibility index (Phi) is 4.91. The van der Waals surface area contributed by atoms with Gasteiger partial charge in [-0.15, -0.1) is 0 Å². The lowest BCUT2D eigenvalue weighted by atomic mass is 10.2. The summed E-state index contributed by atoms with van der Waals surface area (Å²) in [5, 5.41) is 0. The molecule has 1 aliphatic heterocycles. The van der Waals surface area contributed by atoms with Gasteiger partial charge in [0.15, 0.2) is 11.5 Å². The molecular weight excluding hydrogens is 383 g/mol. The summed E-state index contributed by atoms with van der Waals surface area (Å²) >= 11 is 0. The van der Waals surface area contributed by atoms with E-state index >= 15 is 0 Å². The molecule has 29 heavy (non-hydrogen) atoms. The summed E-state index contributed by atoms with van der Waals surface area (Å²) in [7, 11) is 0. The number of nitrogens with zero attached hydrogens (tertiary/aromatic N) is 6. The third kappa shape index (κ3) is 4.20. The molecule has 1 fully saturated rings. The molecule has 1 aliphatic rings. The molecule has 4 heterocycles. The number of nitrogen functional groups attached to an aromatic ring is 1. The maximum Gasteiger partial charge on any atom is 0.433 e. The minimum atomic E-state index is -4.57. The fraction of sp³-hybridized carbons (Fsp3) is 0.263. The highest BCUT2D eigenvalue weighted by Gasteiger charge is 2.34. The van der Waals surface area contributed by atoms with Gasteiger partial charge in [-0.2, -0.15) is 13.2 Å². The molecule has 0 aromatic carbocycles. The topological polar surface area (TPSA) is 84.1 Å². The van der Waals surface area contributed by atoms with E-state index in [1.165, 1.54) is 6.20 Å². The van der Waals surface area contributed by atoms with Crippen molar-refractivity contribution in [1.82, 2.24) is 19.9 Å². The van der Waals surface area contributed by atoms with Gasteiger partial charge in [-0.3, -0.25) is 4.98 Å². The van der Waals surface area contributed by atoms with E-state index in [9.17, 15) is 13.2 Å². The number of anilines is 3. The second kappa shape index (κ2) is 7.53. The summed E-state index contributed by atoms with van der Waals surface area (Å²) in [5.41, 5.74) is 5.86. The zero-order valence-electron chi connectivity index (χ0n) is 15.3. The van der Waals surface area contributed by atoms with Crippen molar-refractivity contribution >= 4 is 17.3 Å². The van der Waals surface area contributed by atoms with Crippen molar-refractivity contribution in [2.45, 2.75) is 6.18 Å². The highest BCUT2D eigenvalue weighted by atomic mass is 19.4. The molecule has 4 rings (SSSR count). The molecule has 3 aromatic heterocycles. The minimum absolute atomic E-state index is 0.0411. The van der Waals surface area contributed by atoms with Crippen molar-refractivity contribution in [3.63, 3.8) is 0 Å². The molecule has 0 spiro atoms. The average molecular weight is 401 g/mol. The van der Waals surface area contributed by atoms with Crippen LogP contribution in [-0.2, 0) is 6.18 Å². The van der Waals surface area contributed by atoms with E-state index in [0.717, 1.165) is 11.8 Å². The quantitative estimate of drug-likeness (QED) is 0.722. The van der Waals surface area contributed by atoms with Crippen molar-refractivity contribution in [1.29, 1.82) is 0 Å². The first-order valence-corrected chi connectivity index (χ1v) is 8.99. The second-order valence-corrected chi connectivity index (χ2v) is 6.56. The smallest absolute Gasteiger partial charge is 0.384 e. The van der Waals surface area contributed by atoms with Crippen LogP contribution in [0.25, 0.3) is 11.5 Å². The lowest BCUT2D eigenvalue weighted by Gasteiger charge is -2.36. The van der Waals surface area contributed by atoms with Gasteiger partial charge in [-0.05, 0) is 24.3 Å². The fourth-order valence-electron chi connectivity index (χ4n) is 3.13. The summed E-state index contributed by atoms with van der Waals surface area (Å²) in [4.78, 5) is 20.1. The Labute approximate surface area is 165 Å².